The second kappa shape index (κ2) is 8.19. The molecule has 2 amide bonds. The summed E-state index contributed by atoms with van der Waals surface area (Å²) < 4.78 is 0. The van der Waals surface area contributed by atoms with Crippen LogP contribution in [0.3, 0.4) is 0 Å². The molecule has 3 rings (SSSR count). The number of carbonyl (C=O) groups is 2. The van der Waals surface area contributed by atoms with E-state index in [2.05, 4.69) is 16.4 Å². The fourth-order valence-corrected chi connectivity index (χ4v) is 3.03. The van der Waals surface area contributed by atoms with Gasteiger partial charge in [0.05, 0.1) is 18.1 Å². The normalized spacial score (nSPS) is 10.4. The number of anilines is 1. The summed E-state index contributed by atoms with van der Waals surface area (Å²) in [6.45, 7) is 2.13. The van der Waals surface area contributed by atoms with Gasteiger partial charge in [0.25, 0.3) is 0 Å². The molecule has 0 bridgehead atoms. The number of para-hydroxylation sites is 1. The molecule has 0 aliphatic rings. The Labute approximate surface area is 157 Å². The molecule has 6 heteroatoms. The zero-order valence-corrected chi connectivity index (χ0v) is 15.0. The van der Waals surface area contributed by atoms with Gasteiger partial charge >= 0.3 is 0 Å². The molecule has 3 aromatic rings. The van der Waals surface area contributed by atoms with Crippen LogP contribution in [0, 0.1) is 11.3 Å². The summed E-state index contributed by atoms with van der Waals surface area (Å²) in [4.78, 5) is 28.9. The van der Waals surface area contributed by atoms with E-state index in [4.69, 9.17) is 5.26 Å². The van der Waals surface area contributed by atoms with E-state index in [1.807, 2.05) is 30.5 Å². The van der Waals surface area contributed by atoms with Crippen molar-refractivity contribution in [3.63, 3.8) is 0 Å². The van der Waals surface area contributed by atoms with Gasteiger partial charge in [0.15, 0.2) is 0 Å². The van der Waals surface area contributed by atoms with E-state index in [1.54, 1.807) is 29.2 Å². The average Bonchev–Trinajstić information content (AvgIpc) is 3.08. The zero-order valence-electron chi connectivity index (χ0n) is 15.0. The third kappa shape index (κ3) is 4.33. The van der Waals surface area contributed by atoms with Gasteiger partial charge in [-0.15, -0.1) is 0 Å². The highest BCUT2D eigenvalue weighted by Crippen LogP contribution is 2.18. The van der Waals surface area contributed by atoms with Crippen molar-refractivity contribution in [3.8, 4) is 6.07 Å². The Morgan fingerprint density at radius 1 is 1.19 bits per heavy atom. The van der Waals surface area contributed by atoms with Crippen LogP contribution in [0.15, 0.2) is 54.7 Å². The molecule has 27 heavy (non-hydrogen) atoms. The maximum absolute atomic E-state index is 12.3. The molecule has 1 heterocycles. The van der Waals surface area contributed by atoms with Crippen molar-refractivity contribution in [2.75, 3.05) is 18.0 Å². The Kier molecular flexibility index (Phi) is 5.53. The quantitative estimate of drug-likeness (QED) is 0.708. The highest BCUT2D eigenvalue weighted by atomic mass is 16.2. The van der Waals surface area contributed by atoms with Gasteiger partial charge in [0.1, 0.15) is 0 Å². The van der Waals surface area contributed by atoms with Crippen molar-refractivity contribution in [2.45, 2.75) is 13.3 Å². The molecule has 0 unspecified atom stereocenters. The van der Waals surface area contributed by atoms with Crippen LogP contribution in [0.1, 0.15) is 18.1 Å². The minimum absolute atomic E-state index is 0.103. The number of H-pyrrole nitrogens is 1. The van der Waals surface area contributed by atoms with Crippen molar-refractivity contribution in [1.82, 2.24) is 10.3 Å². The van der Waals surface area contributed by atoms with E-state index in [1.165, 1.54) is 6.92 Å². The van der Waals surface area contributed by atoms with Gasteiger partial charge in [-0.3, -0.25) is 9.59 Å². The smallest absolute Gasteiger partial charge is 0.224 e. The summed E-state index contributed by atoms with van der Waals surface area (Å²) in [5.41, 5.74) is 3.07. The first kappa shape index (κ1) is 18.2. The number of aromatic amines is 1. The molecule has 136 valence electrons. The van der Waals surface area contributed by atoms with Crippen LogP contribution >= 0.6 is 0 Å². The van der Waals surface area contributed by atoms with Crippen molar-refractivity contribution >= 4 is 28.4 Å². The summed E-state index contributed by atoms with van der Waals surface area (Å²) in [6, 6.07) is 16.8. The number of nitrogens with zero attached hydrogens (tertiary/aromatic N) is 2. The zero-order chi connectivity index (χ0) is 19.2. The second-order valence-electron chi connectivity index (χ2n) is 6.22. The van der Waals surface area contributed by atoms with Crippen LogP contribution in [0.2, 0.25) is 0 Å². The Morgan fingerprint density at radius 3 is 2.78 bits per heavy atom. The first-order valence-corrected chi connectivity index (χ1v) is 8.68. The van der Waals surface area contributed by atoms with Crippen molar-refractivity contribution < 1.29 is 9.59 Å². The first-order chi connectivity index (χ1) is 13.1. The number of benzene rings is 2. The van der Waals surface area contributed by atoms with Crippen LogP contribution in [-0.2, 0) is 16.0 Å². The van der Waals surface area contributed by atoms with E-state index < -0.39 is 0 Å². The van der Waals surface area contributed by atoms with Gasteiger partial charge in [-0.05, 0) is 29.8 Å². The topological polar surface area (TPSA) is 89.0 Å². The van der Waals surface area contributed by atoms with E-state index in [0.717, 1.165) is 16.5 Å². The highest BCUT2D eigenvalue weighted by Gasteiger charge is 2.13. The molecule has 6 nitrogen and oxygen atoms in total. The van der Waals surface area contributed by atoms with Crippen LogP contribution in [0.5, 0.6) is 0 Å². The van der Waals surface area contributed by atoms with Crippen LogP contribution < -0.4 is 10.2 Å². The molecule has 0 aliphatic carbocycles. The summed E-state index contributed by atoms with van der Waals surface area (Å²) in [6.07, 6.45) is 2.12. The average molecular weight is 360 g/mol. The molecule has 0 spiro atoms. The molecule has 0 saturated carbocycles. The molecular weight excluding hydrogens is 340 g/mol. The maximum Gasteiger partial charge on any atom is 0.224 e. The molecule has 0 atom stereocenters. The lowest BCUT2D eigenvalue weighted by atomic mass is 10.1. The minimum atomic E-state index is -0.143. The molecule has 2 aromatic carbocycles. The van der Waals surface area contributed by atoms with Gasteiger partial charge in [0.2, 0.25) is 11.8 Å². The van der Waals surface area contributed by atoms with E-state index >= 15 is 0 Å². The standard InChI is InChI=1S/C21H20N4O2/c1-15(26)25(18-6-4-5-16(11-18)13-22)10-9-23-21(27)12-17-14-24-20-8-3-2-7-19(17)20/h2-8,11,14,24H,9-10,12H2,1H3,(H,23,27). The third-order valence-corrected chi connectivity index (χ3v) is 4.35. The lowest BCUT2D eigenvalue weighted by Gasteiger charge is -2.21. The van der Waals surface area contributed by atoms with E-state index in [9.17, 15) is 9.59 Å². The van der Waals surface area contributed by atoms with Crippen LogP contribution in [0.25, 0.3) is 10.9 Å². The van der Waals surface area contributed by atoms with Gasteiger partial charge in [-0.1, -0.05) is 24.3 Å². The summed E-state index contributed by atoms with van der Waals surface area (Å²) in [7, 11) is 0. The second-order valence-corrected chi connectivity index (χ2v) is 6.22. The number of fused-ring (bicyclic) bond motifs is 1. The monoisotopic (exact) mass is 360 g/mol. The molecule has 0 aliphatic heterocycles. The Morgan fingerprint density at radius 2 is 2.00 bits per heavy atom. The molecule has 1 aromatic heterocycles. The number of amides is 2. The summed E-state index contributed by atoms with van der Waals surface area (Å²) in [5, 5.41) is 12.9. The number of aromatic nitrogens is 1. The third-order valence-electron chi connectivity index (χ3n) is 4.35. The SMILES string of the molecule is CC(=O)N(CCNC(=O)Cc1c[nH]c2ccccc12)c1cccc(C#N)c1. The number of carbonyl (C=O) groups excluding carboxylic acids is 2. The summed E-state index contributed by atoms with van der Waals surface area (Å²) >= 11 is 0. The van der Waals surface area contributed by atoms with Crippen molar-refractivity contribution in [1.29, 1.82) is 5.26 Å². The number of hydrogen-bond donors (Lipinski definition) is 2. The minimum Gasteiger partial charge on any atom is -0.361 e. The Hall–Kier alpha value is -3.59. The van der Waals surface area contributed by atoms with Crippen molar-refractivity contribution in [2.24, 2.45) is 0 Å². The molecular formula is C21H20N4O2. The highest BCUT2D eigenvalue weighted by molar-refractivity contribution is 5.92. The molecule has 2 N–H and O–H groups in total. The summed E-state index contributed by atoms with van der Waals surface area (Å²) in [5.74, 6) is -0.245. The van der Waals surface area contributed by atoms with Crippen LogP contribution in [-0.4, -0.2) is 29.9 Å². The van der Waals surface area contributed by atoms with E-state index in [-0.39, 0.29) is 18.2 Å². The fourth-order valence-electron chi connectivity index (χ4n) is 3.03. The van der Waals surface area contributed by atoms with Crippen molar-refractivity contribution in [3.05, 3.63) is 65.9 Å². The Balaban J connectivity index is 1.59. The largest absolute Gasteiger partial charge is 0.361 e. The number of nitrogens with one attached hydrogen (secondary N) is 2. The van der Waals surface area contributed by atoms with Gasteiger partial charge in [-0.2, -0.15) is 5.26 Å². The first-order valence-electron chi connectivity index (χ1n) is 8.68. The number of rotatable bonds is 6. The fraction of sp³-hybridized carbons (Fsp3) is 0.190. The Bertz CT molecular complexity index is 1020. The molecule has 0 radical (unpaired) electrons. The van der Waals surface area contributed by atoms with Crippen LogP contribution in [0.4, 0.5) is 5.69 Å². The van der Waals surface area contributed by atoms with Gasteiger partial charge < -0.3 is 15.2 Å². The predicted octanol–water partition coefficient (Wildman–Crippen LogP) is 2.75. The number of nitriles is 1. The van der Waals surface area contributed by atoms with Gasteiger partial charge in [0, 0.05) is 42.8 Å². The number of hydrogen-bond acceptors (Lipinski definition) is 3. The molecule has 0 saturated heterocycles. The molecule has 0 fully saturated rings. The van der Waals surface area contributed by atoms with Gasteiger partial charge in [-0.25, -0.2) is 0 Å². The predicted molar refractivity (Wildman–Crippen MR) is 104 cm³/mol. The lowest BCUT2D eigenvalue weighted by molar-refractivity contribution is -0.121. The maximum atomic E-state index is 12.3. The lowest BCUT2D eigenvalue weighted by Crippen LogP contribution is -2.38. The van der Waals surface area contributed by atoms with E-state index in [0.29, 0.717) is 24.3 Å².